The molecule has 0 unspecified atom stereocenters. The average Bonchev–Trinajstić information content (AvgIpc) is 2.03. The number of carboxylic acid groups (broad SMARTS) is 2. The summed E-state index contributed by atoms with van der Waals surface area (Å²) in [4.78, 5) is 28.2. The molecule has 0 aromatic heterocycles. The topological polar surface area (TPSA) is 97.3 Å². The Hall–Kier alpha value is -0.130. The molecule has 6 heteroatoms. The van der Waals surface area contributed by atoms with Crippen molar-refractivity contribution in [1.29, 1.82) is 0 Å². The van der Waals surface area contributed by atoms with Crippen molar-refractivity contribution in [3.05, 3.63) is 0 Å². The summed E-state index contributed by atoms with van der Waals surface area (Å²) in [6.45, 7) is 1.94. The molecule has 0 saturated heterocycles. The van der Waals surface area contributed by atoms with E-state index in [0.717, 1.165) is 39.5 Å². The van der Waals surface area contributed by atoms with Crippen molar-refractivity contribution in [2.45, 2.75) is 46.0 Å². The first kappa shape index (κ1) is 21.2. The fraction of sp³-hybridized carbons (Fsp3) is 0.700. The first-order chi connectivity index (χ1) is 6.86. The maximum absolute atomic E-state index is 10.5. The van der Waals surface area contributed by atoms with E-state index in [9.17, 15) is 4.79 Å². The van der Waals surface area contributed by atoms with E-state index in [0.29, 0.717) is 5.78 Å². The third-order valence-electron chi connectivity index (χ3n) is 1.41. The largest absolute Gasteiger partial charge is 2.00 e. The Bertz CT molecular complexity index is 187. The summed E-state index contributed by atoms with van der Waals surface area (Å²) in [6.07, 6.45) is 5.24. The number of Topliss-reactive ketones (excluding diaryl/α,β-unsaturated/α-hetero) is 1. The number of aliphatic carboxylic acids is 2. The Morgan fingerprint density at radius 3 is 1.31 bits per heavy atom. The van der Waals surface area contributed by atoms with Crippen LogP contribution in [-0.4, -0.2) is 55.5 Å². The van der Waals surface area contributed by atoms with Crippen LogP contribution in [0.15, 0.2) is 0 Å². The molecule has 0 heterocycles. The van der Waals surface area contributed by atoms with E-state index in [-0.39, 0.29) is 37.7 Å². The smallest absolute Gasteiger partial charge is 0.550 e. The van der Waals surface area contributed by atoms with Crippen molar-refractivity contribution in [3.8, 4) is 0 Å². The second-order valence-corrected chi connectivity index (χ2v) is 3.08. The summed E-state index contributed by atoms with van der Waals surface area (Å²) in [5, 5.41) is 17.8. The summed E-state index contributed by atoms with van der Waals surface area (Å²) < 4.78 is 0. The molecule has 1 aliphatic rings. The van der Waals surface area contributed by atoms with Gasteiger partial charge in [0.05, 0.1) is 0 Å². The molecule has 0 bridgehead atoms. The third kappa shape index (κ3) is 37.1. The minimum atomic E-state index is -1.08. The van der Waals surface area contributed by atoms with Crippen LogP contribution < -0.4 is 10.2 Å². The summed E-state index contributed by atoms with van der Waals surface area (Å²) >= 11 is 0. The van der Waals surface area contributed by atoms with Gasteiger partial charge in [0.1, 0.15) is 5.78 Å². The quantitative estimate of drug-likeness (QED) is 0.499. The Morgan fingerprint density at radius 2 is 1.19 bits per heavy atom. The molecule has 1 aliphatic carbocycles. The molecule has 88 valence electrons. The molecular weight excluding hydrogens is 240 g/mol. The standard InChI is InChI=1S/C6H10O.2C2H4O2.Ca/c7-6-4-2-1-3-5-6;2*1-2(3)4;/h1-5H2;2*1H3,(H,3,4);/q;;;+2/p-2. The van der Waals surface area contributed by atoms with E-state index >= 15 is 0 Å². The Kier molecular flexibility index (Phi) is 19.7. The number of ketones is 1. The van der Waals surface area contributed by atoms with E-state index in [2.05, 4.69) is 0 Å². The number of carbonyl (C=O) groups excluding carboxylic acids is 3. The number of carbonyl (C=O) groups is 3. The summed E-state index contributed by atoms with van der Waals surface area (Å²) in [5.41, 5.74) is 0. The fourth-order valence-electron chi connectivity index (χ4n) is 0.946. The van der Waals surface area contributed by atoms with E-state index < -0.39 is 11.9 Å². The first-order valence-electron chi connectivity index (χ1n) is 4.73. The molecule has 0 radical (unpaired) electrons. The van der Waals surface area contributed by atoms with Gasteiger partial charge in [0.2, 0.25) is 0 Å². The number of hydrogen-bond donors (Lipinski definition) is 0. The van der Waals surface area contributed by atoms with Gasteiger partial charge in [-0.3, -0.25) is 4.79 Å². The molecule has 0 aromatic carbocycles. The molecule has 0 aliphatic heterocycles. The van der Waals surface area contributed by atoms with Crippen molar-refractivity contribution >= 4 is 55.5 Å². The van der Waals surface area contributed by atoms with Gasteiger partial charge >= 0.3 is 37.7 Å². The maximum Gasteiger partial charge on any atom is 2.00 e. The molecule has 0 aromatic rings. The third-order valence-corrected chi connectivity index (χ3v) is 1.41. The van der Waals surface area contributed by atoms with Gasteiger partial charge in [-0.05, 0) is 26.7 Å². The van der Waals surface area contributed by atoms with Crippen LogP contribution in [0.5, 0.6) is 0 Å². The van der Waals surface area contributed by atoms with Crippen LogP contribution in [0.2, 0.25) is 0 Å². The minimum absolute atomic E-state index is 0. The zero-order valence-corrected chi connectivity index (χ0v) is 12.0. The second kappa shape index (κ2) is 14.9. The molecule has 0 amide bonds. The van der Waals surface area contributed by atoms with Gasteiger partial charge in [-0.25, -0.2) is 0 Å². The molecule has 1 rings (SSSR count). The molecule has 0 N–H and O–H groups in total. The van der Waals surface area contributed by atoms with Gasteiger partial charge in [0.15, 0.2) is 0 Å². The minimum Gasteiger partial charge on any atom is -0.550 e. The fourth-order valence-corrected chi connectivity index (χ4v) is 0.946. The van der Waals surface area contributed by atoms with E-state index in [1.165, 1.54) is 6.42 Å². The number of hydrogen-bond acceptors (Lipinski definition) is 5. The Morgan fingerprint density at radius 1 is 0.938 bits per heavy atom. The summed E-state index contributed by atoms with van der Waals surface area (Å²) in [5.74, 6) is -1.70. The van der Waals surface area contributed by atoms with Crippen LogP contribution >= 0.6 is 0 Å². The van der Waals surface area contributed by atoms with Crippen LogP contribution in [0.4, 0.5) is 0 Å². The molecule has 16 heavy (non-hydrogen) atoms. The predicted molar refractivity (Wildman–Crippen MR) is 55.2 cm³/mol. The number of rotatable bonds is 0. The SMILES string of the molecule is CC(=O)[O-].CC(=O)[O-].O=C1CCCCC1.[Ca+2]. The molecule has 1 fully saturated rings. The van der Waals surface area contributed by atoms with Crippen LogP contribution in [0.1, 0.15) is 46.0 Å². The monoisotopic (exact) mass is 256 g/mol. The van der Waals surface area contributed by atoms with E-state index in [4.69, 9.17) is 19.8 Å². The van der Waals surface area contributed by atoms with Gasteiger partial charge < -0.3 is 19.8 Å². The van der Waals surface area contributed by atoms with Gasteiger partial charge in [0.25, 0.3) is 0 Å². The van der Waals surface area contributed by atoms with Gasteiger partial charge in [0, 0.05) is 24.8 Å². The van der Waals surface area contributed by atoms with Crippen molar-refractivity contribution in [2.75, 3.05) is 0 Å². The van der Waals surface area contributed by atoms with Crippen molar-refractivity contribution in [3.63, 3.8) is 0 Å². The normalized spacial score (nSPS) is 13.0. The molecule has 0 spiro atoms. The second-order valence-electron chi connectivity index (χ2n) is 3.08. The van der Waals surface area contributed by atoms with Crippen molar-refractivity contribution < 1.29 is 24.6 Å². The Labute approximate surface area is 125 Å². The zero-order chi connectivity index (χ0) is 12.3. The predicted octanol–water partition coefficient (Wildman–Crippen LogP) is -1.35. The van der Waals surface area contributed by atoms with E-state index in [1.807, 2.05) is 0 Å². The van der Waals surface area contributed by atoms with Gasteiger partial charge in [-0.15, -0.1) is 0 Å². The summed E-state index contributed by atoms with van der Waals surface area (Å²) in [7, 11) is 0. The first-order valence-corrected chi connectivity index (χ1v) is 4.73. The van der Waals surface area contributed by atoms with Gasteiger partial charge in [-0.2, -0.15) is 0 Å². The van der Waals surface area contributed by atoms with Crippen LogP contribution in [0, 0.1) is 0 Å². The average molecular weight is 256 g/mol. The summed E-state index contributed by atoms with van der Waals surface area (Å²) in [6, 6.07) is 0. The van der Waals surface area contributed by atoms with Crippen molar-refractivity contribution in [2.24, 2.45) is 0 Å². The van der Waals surface area contributed by atoms with Crippen LogP contribution in [-0.2, 0) is 14.4 Å². The van der Waals surface area contributed by atoms with E-state index in [1.54, 1.807) is 0 Å². The van der Waals surface area contributed by atoms with Gasteiger partial charge in [-0.1, -0.05) is 6.42 Å². The molecule has 1 saturated carbocycles. The Balaban J connectivity index is -0.000000166. The molecule has 5 nitrogen and oxygen atoms in total. The molecule has 0 atom stereocenters. The van der Waals surface area contributed by atoms with Crippen LogP contribution in [0.25, 0.3) is 0 Å². The number of carboxylic acids is 2. The van der Waals surface area contributed by atoms with Crippen LogP contribution in [0.3, 0.4) is 0 Å². The zero-order valence-electron chi connectivity index (χ0n) is 9.78. The maximum atomic E-state index is 10.5. The molecular formula is C10H16CaO5. The van der Waals surface area contributed by atoms with Crippen molar-refractivity contribution in [1.82, 2.24) is 0 Å².